The molecular formula is C18H21F2N7O2. The topological polar surface area (TPSA) is 91.0 Å². The van der Waals surface area contributed by atoms with E-state index in [1.54, 1.807) is 15.8 Å². The third kappa shape index (κ3) is 3.89. The van der Waals surface area contributed by atoms with Crippen molar-refractivity contribution in [2.75, 3.05) is 6.54 Å². The van der Waals surface area contributed by atoms with Crippen molar-refractivity contribution in [1.29, 1.82) is 0 Å². The number of hydrogen-bond acceptors (Lipinski definition) is 6. The summed E-state index contributed by atoms with van der Waals surface area (Å²) in [6.45, 7) is 5.78. The van der Waals surface area contributed by atoms with Crippen LogP contribution in [0.15, 0.2) is 18.6 Å². The molecule has 0 spiro atoms. The fourth-order valence-corrected chi connectivity index (χ4v) is 3.22. The molecule has 4 rings (SSSR count). The van der Waals surface area contributed by atoms with Crippen LogP contribution in [-0.2, 0) is 24.2 Å². The maximum Gasteiger partial charge on any atom is 0.410 e. The van der Waals surface area contributed by atoms with Gasteiger partial charge in [-0.05, 0) is 20.8 Å². The summed E-state index contributed by atoms with van der Waals surface area (Å²) < 4.78 is 33.7. The highest BCUT2D eigenvalue weighted by atomic mass is 19.3. The normalized spacial score (nSPS) is 14.5. The third-order valence-corrected chi connectivity index (χ3v) is 4.45. The van der Waals surface area contributed by atoms with Gasteiger partial charge in [-0.2, -0.15) is 10.2 Å². The molecular weight excluding hydrogens is 384 g/mol. The van der Waals surface area contributed by atoms with Crippen molar-refractivity contribution >= 4 is 17.3 Å². The average Bonchev–Trinajstić information content (AvgIpc) is 3.23. The van der Waals surface area contributed by atoms with E-state index in [4.69, 9.17) is 4.74 Å². The van der Waals surface area contributed by atoms with E-state index in [-0.39, 0.29) is 11.7 Å². The first-order chi connectivity index (χ1) is 13.7. The summed E-state index contributed by atoms with van der Waals surface area (Å²) in [7, 11) is 0. The largest absolute Gasteiger partial charge is 0.444 e. The molecule has 3 aromatic heterocycles. The van der Waals surface area contributed by atoms with Crippen molar-refractivity contribution in [2.45, 2.75) is 52.3 Å². The van der Waals surface area contributed by atoms with Gasteiger partial charge in [-0.1, -0.05) is 0 Å². The van der Waals surface area contributed by atoms with Crippen LogP contribution in [0.25, 0.3) is 17.0 Å². The average molecular weight is 405 g/mol. The van der Waals surface area contributed by atoms with E-state index in [0.717, 1.165) is 15.9 Å². The van der Waals surface area contributed by atoms with Gasteiger partial charge in [0.1, 0.15) is 17.7 Å². The number of halogens is 2. The number of amides is 1. The van der Waals surface area contributed by atoms with Crippen molar-refractivity contribution < 1.29 is 18.3 Å². The minimum absolute atomic E-state index is 0.276. The smallest absolute Gasteiger partial charge is 0.410 e. The molecule has 0 saturated carbocycles. The zero-order valence-electron chi connectivity index (χ0n) is 16.3. The SMILES string of the molecule is CC(C)(C)OC(=O)N1CCc2c(cnn2-c2cnc3cnn(CC(F)F)c3n2)C1. The number of ether oxygens (including phenoxy) is 1. The quantitative estimate of drug-likeness (QED) is 0.665. The van der Waals surface area contributed by atoms with Gasteiger partial charge in [0, 0.05) is 18.5 Å². The minimum Gasteiger partial charge on any atom is -0.444 e. The molecule has 0 atom stereocenters. The second kappa shape index (κ2) is 7.05. The molecule has 9 nitrogen and oxygen atoms in total. The number of rotatable bonds is 3. The lowest BCUT2D eigenvalue weighted by Crippen LogP contribution is -2.40. The number of aromatic nitrogens is 6. The van der Waals surface area contributed by atoms with Crippen LogP contribution in [0.5, 0.6) is 0 Å². The molecule has 0 aliphatic carbocycles. The number of alkyl halides is 2. The Balaban J connectivity index is 1.60. The third-order valence-electron chi connectivity index (χ3n) is 4.45. The van der Waals surface area contributed by atoms with Crippen LogP contribution in [0.1, 0.15) is 32.0 Å². The molecule has 4 heterocycles. The number of hydrogen-bond donors (Lipinski definition) is 0. The first-order valence-corrected chi connectivity index (χ1v) is 9.22. The molecule has 0 radical (unpaired) electrons. The molecule has 29 heavy (non-hydrogen) atoms. The van der Waals surface area contributed by atoms with Crippen LogP contribution < -0.4 is 0 Å². The van der Waals surface area contributed by atoms with Crippen LogP contribution in [-0.4, -0.2) is 59.1 Å². The molecule has 1 aliphatic heterocycles. The standard InChI is InChI=1S/C18H21F2N7O2/c1-18(2,3)29-17(28)25-5-4-13-11(9-25)6-23-27(13)15-8-21-12-7-22-26(10-14(19)20)16(12)24-15/h6-8,14H,4-5,9-10H2,1-3H3. The molecule has 3 aromatic rings. The van der Waals surface area contributed by atoms with Crippen LogP contribution in [0.2, 0.25) is 0 Å². The Morgan fingerprint density at radius 2 is 2.03 bits per heavy atom. The maximum atomic E-state index is 12.8. The predicted molar refractivity (Wildman–Crippen MR) is 98.8 cm³/mol. The Hall–Kier alpha value is -3.11. The number of fused-ring (bicyclic) bond motifs is 2. The van der Waals surface area contributed by atoms with Gasteiger partial charge in [-0.15, -0.1) is 0 Å². The van der Waals surface area contributed by atoms with E-state index >= 15 is 0 Å². The fraction of sp³-hybridized carbons (Fsp3) is 0.500. The summed E-state index contributed by atoms with van der Waals surface area (Å²) in [6.07, 6.45) is 2.27. The summed E-state index contributed by atoms with van der Waals surface area (Å²) in [5.41, 5.74) is 1.93. The van der Waals surface area contributed by atoms with E-state index < -0.39 is 18.6 Å². The van der Waals surface area contributed by atoms with E-state index in [9.17, 15) is 13.6 Å². The van der Waals surface area contributed by atoms with E-state index in [2.05, 4.69) is 20.2 Å². The van der Waals surface area contributed by atoms with Gasteiger partial charge in [0.2, 0.25) is 0 Å². The molecule has 0 saturated heterocycles. The number of carbonyl (C=O) groups is 1. The Labute approximate surface area is 165 Å². The maximum absolute atomic E-state index is 12.8. The second-order valence-electron chi connectivity index (χ2n) is 7.84. The minimum atomic E-state index is -2.54. The molecule has 0 fully saturated rings. The summed E-state index contributed by atoms with van der Waals surface area (Å²) in [6, 6.07) is 0. The Kier molecular flexibility index (Phi) is 4.67. The highest BCUT2D eigenvalue weighted by Crippen LogP contribution is 2.23. The first kappa shape index (κ1) is 19.2. The lowest BCUT2D eigenvalue weighted by atomic mass is 10.1. The van der Waals surface area contributed by atoms with E-state index in [0.29, 0.717) is 30.8 Å². The predicted octanol–water partition coefficient (Wildman–Crippen LogP) is 2.57. The molecule has 1 aliphatic rings. The van der Waals surface area contributed by atoms with Gasteiger partial charge >= 0.3 is 6.09 Å². The van der Waals surface area contributed by atoms with E-state index in [1.165, 1.54) is 12.4 Å². The van der Waals surface area contributed by atoms with Gasteiger partial charge in [-0.25, -0.2) is 32.9 Å². The highest BCUT2D eigenvalue weighted by Gasteiger charge is 2.28. The molecule has 0 aromatic carbocycles. The molecule has 0 N–H and O–H groups in total. The second-order valence-corrected chi connectivity index (χ2v) is 7.84. The van der Waals surface area contributed by atoms with Gasteiger partial charge in [0.05, 0.1) is 30.8 Å². The Bertz CT molecular complexity index is 1050. The van der Waals surface area contributed by atoms with Crippen molar-refractivity contribution in [3.63, 3.8) is 0 Å². The zero-order valence-corrected chi connectivity index (χ0v) is 16.3. The Morgan fingerprint density at radius 3 is 2.76 bits per heavy atom. The highest BCUT2D eigenvalue weighted by molar-refractivity contribution is 5.70. The Morgan fingerprint density at radius 1 is 1.24 bits per heavy atom. The number of carbonyl (C=O) groups excluding carboxylic acids is 1. The van der Waals surface area contributed by atoms with Crippen LogP contribution in [0, 0.1) is 0 Å². The van der Waals surface area contributed by atoms with Crippen molar-refractivity contribution in [3.05, 3.63) is 29.8 Å². The molecule has 0 bridgehead atoms. The summed E-state index contributed by atoms with van der Waals surface area (Å²) in [5.74, 6) is 0.417. The lowest BCUT2D eigenvalue weighted by Gasteiger charge is -2.30. The van der Waals surface area contributed by atoms with E-state index in [1.807, 2.05) is 20.8 Å². The molecule has 0 unspecified atom stereocenters. The van der Waals surface area contributed by atoms with Crippen LogP contribution in [0.3, 0.4) is 0 Å². The van der Waals surface area contributed by atoms with Crippen molar-refractivity contribution in [3.8, 4) is 5.82 Å². The molecule has 1 amide bonds. The molecule has 154 valence electrons. The summed E-state index contributed by atoms with van der Waals surface area (Å²) >= 11 is 0. The summed E-state index contributed by atoms with van der Waals surface area (Å²) in [4.78, 5) is 22.7. The number of nitrogens with zero attached hydrogens (tertiary/aromatic N) is 7. The summed E-state index contributed by atoms with van der Waals surface area (Å²) in [5, 5.41) is 8.30. The molecule has 11 heteroatoms. The van der Waals surface area contributed by atoms with Crippen LogP contribution >= 0.6 is 0 Å². The van der Waals surface area contributed by atoms with Gasteiger partial charge < -0.3 is 9.64 Å². The fourth-order valence-electron chi connectivity index (χ4n) is 3.22. The lowest BCUT2D eigenvalue weighted by molar-refractivity contribution is 0.0223. The van der Waals surface area contributed by atoms with Gasteiger partial charge in [0.25, 0.3) is 6.43 Å². The van der Waals surface area contributed by atoms with Crippen LogP contribution in [0.4, 0.5) is 13.6 Å². The first-order valence-electron chi connectivity index (χ1n) is 9.22. The van der Waals surface area contributed by atoms with Gasteiger partial charge in [-0.3, -0.25) is 0 Å². The van der Waals surface area contributed by atoms with Gasteiger partial charge in [0.15, 0.2) is 11.5 Å². The zero-order chi connectivity index (χ0) is 20.8. The van der Waals surface area contributed by atoms with Crippen molar-refractivity contribution in [2.24, 2.45) is 0 Å². The monoisotopic (exact) mass is 405 g/mol. The van der Waals surface area contributed by atoms with Crippen molar-refractivity contribution in [1.82, 2.24) is 34.4 Å².